The van der Waals surface area contributed by atoms with Crippen LogP contribution in [0.1, 0.15) is 5.56 Å². The molecular formula is C17H13CoNO. The molecule has 3 aromatic carbocycles. The van der Waals surface area contributed by atoms with Gasteiger partial charge in [-0.25, -0.2) is 0 Å². The first kappa shape index (κ1) is 14.3. The molecule has 3 aromatic rings. The Bertz CT molecular complexity index is 738. The van der Waals surface area contributed by atoms with Gasteiger partial charge in [0.2, 0.25) is 0 Å². The number of aliphatic imine (C=N–C) groups is 1. The molecule has 3 rings (SSSR count). The van der Waals surface area contributed by atoms with Gasteiger partial charge in [0, 0.05) is 28.6 Å². The minimum absolute atomic E-state index is 0. The van der Waals surface area contributed by atoms with Gasteiger partial charge >= 0.3 is 0 Å². The Balaban J connectivity index is 0.00000147. The molecule has 2 nitrogen and oxygen atoms in total. The van der Waals surface area contributed by atoms with Crippen LogP contribution in [0, 0.1) is 0 Å². The van der Waals surface area contributed by atoms with Crippen LogP contribution in [0.3, 0.4) is 0 Å². The molecule has 1 N–H and O–H groups in total. The molecule has 0 aromatic heterocycles. The van der Waals surface area contributed by atoms with Crippen molar-refractivity contribution in [3.63, 3.8) is 0 Å². The first-order chi connectivity index (χ1) is 9.34. The van der Waals surface area contributed by atoms with Crippen LogP contribution in [0.2, 0.25) is 0 Å². The molecule has 0 fully saturated rings. The second-order valence-electron chi connectivity index (χ2n) is 4.31. The van der Waals surface area contributed by atoms with Gasteiger partial charge in [-0.05, 0) is 29.0 Å². The third-order valence-corrected chi connectivity index (χ3v) is 3.05. The Labute approximate surface area is 128 Å². The normalized spacial score (nSPS) is 10.6. The number of hydrogen-bond acceptors (Lipinski definition) is 2. The standard InChI is InChI=1S/C17H13NO.Co/c19-17-11-10-13-6-4-5-9-15(13)16(17)12-18-14-7-2-1-3-8-14;/h1-12,19H;. The van der Waals surface area contributed by atoms with Crippen molar-refractivity contribution >= 4 is 22.7 Å². The number of rotatable bonds is 2. The average Bonchev–Trinajstić information content (AvgIpc) is 2.47. The second kappa shape index (κ2) is 6.37. The molecule has 0 aliphatic carbocycles. The van der Waals surface area contributed by atoms with Crippen molar-refractivity contribution in [2.75, 3.05) is 0 Å². The minimum atomic E-state index is 0. The van der Waals surface area contributed by atoms with Crippen molar-refractivity contribution in [2.45, 2.75) is 0 Å². The van der Waals surface area contributed by atoms with E-state index in [4.69, 9.17) is 0 Å². The average molecular weight is 306 g/mol. The van der Waals surface area contributed by atoms with E-state index in [0.717, 1.165) is 22.0 Å². The van der Waals surface area contributed by atoms with Gasteiger partial charge in [-0.1, -0.05) is 48.5 Å². The van der Waals surface area contributed by atoms with Crippen LogP contribution in [-0.2, 0) is 16.8 Å². The predicted octanol–water partition coefficient (Wildman–Crippen LogP) is 4.29. The van der Waals surface area contributed by atoms with E-state index in [-0.39, 0.29) is 22.5 Å². The molecule has 0 unspecified atom stereocenters. The van der Waals surface area contributed by atoms with E-state index in [9.17, 15) is 5.11 Å². The van der Waals surface area contributed by atoms with Crippen LogP contribution < -0.4 is 0 Å². The number of benzene rings is 3. The second-order valence-corrected chi connectivity index (χ2v) is 4.31. The van der Waals surface area contributed by atoms with Crippen LogP contribution in [-0.4, -0.2) is 11.3 Å². The van der Waals surface area contributed by atoms with E-state index in [2.05, 4.69) is 4.99 Å². The minimum Gasteiger partial charge on any atom is -0.507 e. The monoisotopic (exact) mass is 306 g/mol. The molecule has 0 bridgehead atoms. The van der Waals surface area contributed by atoms with Crippen LogP contribution in [0.5, 0.6) is 5.75 Å². The van der Waals surface area contributed by atoms with Crippen molar-refractivity contribution < 1.29 is 21.9 Å². The fraction of sp³-hybridized carbons (Fsp3) is 0. The molecule has 1 radical (unpaired) electrons. The summed E-state index contributed by atoms with van der Waals surface area (Å²) in [5.41, 5.74) is 1.62. The van der Waals surface area contributed by atoms with Gasteiger partial charge in [-0.2, -0.15) is 0 Å². The van der Waals surface area contributed by atoms with Crippen LogP contribution in [0.4, 0.5) is 5.69 Å². The maximum Gasteiger partial charge on any atom is 0.124 e. The predicted molar refractivity (Wildman–Crippen MR) is 79.3 cm³/mol. The number of phenolic OH excluding ortho intramolecular Hbond substituents is 1. The first-order valence-electron chi connectivity index (χ1n) is 6.14. The van der Waals surface area contributed by atoms with Crippen LogP contribution >= 0.6 is 0 Å². The van der Waals surface area contributed by atoms with Crippen molar-refractivity contribution in [3.8, 4) is 5.75 Å². The van der Waals surface area contributed by atoms with E-state index in [1.165, 1.54) is 0 Å². The summed E-state index contributed by atoms with van der Waals surface area (Å²) < 4.78 is 0. The molecular weight excluding hydrogens is 293 g/mol. The zero-order chi connectivity index (χ0) is 13.1. The fourth-order valence-corrected chi connectivity index (χ4v) is 2.07. The molecule has 0 saturated heterocycles. The molecule has 0 atom stereocenters. The summed E-state index contributed by atoms with van der Waals surface area (Å²) in [6.07, 6.45) is 1.72. The molecule has 0 aliphatic heterocycles. The van der Waals surface area contributed by atoms with E-state index in [0.29, 0.717) is 0 Å². The first-order valence-corrected chi connectivity index (χ1v) is 6.14. The summed E-state index contributed by atoms with van der Waals surface area (Å²) in [7, 11) is 0. The van der Waals surface area contributed by atoms with Gasteiger partial charge in [-0.15, -0.1) is 0 Å². The van der Waals surface area contributed by atoms with Crippen molar-refractivity contribution in [3.05, 3.63) is 72.3 Å². The van der Waals surface area contributed by atoms with Gasteiger partial charge in [0.25, 0.3) is 0 Å². The molecule has 20 heavy (non-hydrogen) atoms. The Morgan fingerprint density at radius 2 is 1.50 bits per heavy atom. The van der Waals surface area contributed by atoms with Crippen molar-refractivity contribution in [2.24, 2.45) is 4.99 Å². The largest absolute Gasteiger partial charge is 0.507 e. The van der Waals surface area contributed by atoms with E-state index in [1.807, 2.05) is 60.7 Å². The molecule has 0 saturated carbocycles. The van der Waals surface area contributed by atoms with Gasteiger partial charge in [0.15, 0.2) is 0 Å². The van der Waals surface area contributed by atoms with Crippen LogP contribution in [0.15, 0.2) is 71.7 Å². The Hall–Kier alpha value is -2.10. The number of fused-ring (bicyclic) bond motifs is 1. The maximum absolute atomic E-state index is 10.00. The topological polar surface area (TPSA) is 32.6 Å². The SMILES string of the molecule is Oc1ccc2ccccc2c1C=Nc1ccccc1.[Co]. The van der Waals surface area contributed by atoms with Gasteiger partial charge in [0.1, 0.15) is 5.75 Å². The third-order valence-electron chi connectivity index (χ3n) is 3.05. The Morgan fingerprint density at radius 1 is 0.800 bits per heavy atom. The number of hydrogen-bond donors (Lipinski definition) is 1. The Kier molecular flexibility index (Phi) is 4.55. The third kappa shape index (κ3) is 2.90. The zero-order valence-corrected chi connectivity index (χ0v) is 11.7. The van der Waals surface area contributed by atoms with Gasteiger partial charge < -0.3 is 5.11 Å². The zero-order valence-electron chi connectivity index (χ0n) is 10.7. The van der Waals surface area contributed by atoms with Crippen LogP contribution in [0.25, 0.3) is 10.8 Å². The summed E-state index contributed by atoms with van der Waals surface area (Å²) in [4.78, 5) is 4.40. The van der Waals surface area contributed by atoms with Crippen molar-refractivity contribution in [1.29, 1.82) is 0 Å². The summed E-state index contributed by atoms with van der Waals surface area (Å²) in [6.45, 7) is 0. The van der Waals surface area contributed by atoms with E-state index >= 15 is 0 Å². The maximum atomic E-state index is 10.00. The number of phenols is 1. The molecule has 101 valence electrons. The quantitative estimate of drug-likeness (QED) is 0.704. The summed E-state index contributed by atoms with van der Waals surface area (Å²) in [6, 6.07) is 21.3. The summed E-state index contributed by atoms with van der Waals surface area (Å²) >= 11 is 0. The number of nitrogens with zero attached hydrogens (tertiary/aromatic N) is 1. The number of para-hydroxylation sites is 1. The van der Waals surface area contributed by atoms with Crippen molar-refractivity contribution in [1.82, 2.24) is 0 Å². The Morgan fingerprint density at radius 3 is 2.30 bits per heavy atom. The summed E-state index contributed by atoms with van der Waals surface area (Å²) in [5, 5.41) is 12.1. The molecule has 0 aliphatic rings. The number of aromatic hydroxyl groups is 1. The van der Waals surface area contributed by atoms with E-state index < -0.39 is 0 Å². The molecule has 0 heterocycles. The molecule has 0 spiro atoms. The smallest absolute Gasteiger partial charge is 0.124 e. The fourth-order valence-electron chi connectivity index (χ4n) is 2.07. The van der Waals surface area contributed by atoms with Gasteiger partial charge in [0.05, 0.1) is 5.69 Å². The van der Waals surface area contributed by atoms with E-state index in [1.54, 1.807) is 12.3 Å². The summed E-state index contributed by atoms with van der Waals surface area (Å²) in [5.74, 6) is 0.249. The molecule has 3 heteroatoms. The molecule has 0 amide bonds. The van der Waals surface area contributed by atoms with Gasteiger partial charge in [-0.3, -0.25) is 4.99 Å².